The van der Waals surface area contributed by atoms with Gasteiger partial charge in [0.15, 0.2) is 0 Å². The van der Waals surface area contributed by atoms with Crippen molar-refractivity contribution in [3.8, 4) is 0 Å². The van der Waals surface area contributed by atoms with Crippen LogP contribution in [0, 0.1) is 12.8 Å². The van der Waals surface area contributed by atoms with E-state index in [1.54, 1.807) is 29.1 Å². The molecule has 1 unspecified atom stereocenters. The van der Waals surface area contributed by atoms with Gasteiger partial charge in [-0.15, -0.1) is 0 Å². The van der Waals surface area contributed by atoms with Gasteiger partial charge in [-0.1, -0.05) is 23.9 Å². The standard InChI is InChI=1S/C24H24N4O2S/c1-17-6-4-14-26-22(17)27-23(29)19-7-5-15-28(16-19)24(30)18-9-11-20(12-10-18)31-21-8-2-3-13-25-21/h2-4,6,8-14,19H,5,7,15-16H2,1H3,(H,26,27,29). The van der Waals surface area contributed by atoms with Gasteiger partial charge < -0.3 is 10.2 Å². The average molecular weight is 433 g/mol. The second-order valence-electron chi connectivity index (χ2n) is 7.54. The molecule has 1 fully saturated rings. The smallest absolute Gasteiger partial charge is 0.253 e. The summed E-state index contributed by atoms with van der Waals surface area (Å²) in [5.41, 5.74) is 1.55. The molecule has 6 nitrogen and oxygen atoms in total. The van der Waals surface area contributed by atoms with Gasteiger partial charge in [-0.25, -0.2) is 9.97 Å². The molecule has 2 aromatic heterocycles. The number of carbonyl (C=O) groups is 2. The number of hydrogen-bond donors (Lipinski definition) is 1. The topological polar surface area (TPSA) is 75.2 Å². The van der Waals surface area contributed by atoms with Gasteiger partial charge in [-0.3, -0.25) is 9.59 Å². The van der Waals surface area contributed by atoms with Crippen LogP contribution in [-0.2, 0) is 4.79 Å². The van der Waals surface area contributed by atoms with Gasteiger partial charge in [0.2, 0.25) is 5.91 Å². The lowest BCUT2D eigenvalue weighted by atomic mass is 9.96. The lowest BCUT2D eigenvalue weighted by Gasteiger charge is -2.32. The first-order valence-corrected chi connectivity index (χ1v) is 11.1. The Morgan fingerprint density at radius 1 is 1.03 bits per heavy atom. The maximum atomic E-state index is 13.0. The monoisotopic (exact) mass is 432 g/mol. The molecule has 3 heterocycles. The van der Waals surface area contributed by atoms with E-state index in [4.69, 9.17) is 0 Å². The summed E-state index contributed by atoms with van der Waals surface area (Å²) in [5, 5.41) is 3.82. The van der Waals surface area contributed by atoms with Gasteiger partial charge in [0.05, 0.1) is 5.92 Å². The molecule has 0 spiro atoms. The van der Waals surface area contributed by atoms with Gasteiger partial charge in [0, 0.05) is 35.9 Å². The first-order chi connectivity index (χ1) is 15.1. The number of amides is 2. The van der Waals surface area contributed by atoms with Gasteiger partial charge in [-0.05, 0) is 67.8 Å². The molecular formula is C24H24N4O2S. The fourth-order valence-corrected chi connectivity index (χ4v) is 4.36. The van der Waals surface area contributed by atoms with Crippen molar-refractivity contribution in [2.24, 2.45) is 5.92 Å². The Kier molecular flexibility index (Phi) is 6.62. The van der Waals surface area contributed by atoms with Gasteiger partial charge in [0.1, 0.15) is 10.8 Å². The Labute approximate surface area is 186 Å². The van der Waals surface area contributed by atoms with E-state index < -0.39 is 0 Å². The summed E-state index contributed by atoms with van der Waals surface area (Å²) in [6.45, 7) is 2.99. The highest BCUT2D eigenvalue weighted by Gasteiger charge is 2.29. The fourth-order valence-electron chi connectivity index (χ4n) is 3.59. The molecule has 158 valence electrons. The number of likely N-dealkylation sites (tertiary alicyclic amines) is 1. The van der Waals surface area contributed by atoms with Crippen molar-refractivity contribution in [1.29, 1.82) is 0 Å². The summed E-state index contributed by atoms with van der Waals surface area (Å²) in [5.74, 6) is 0.220. The number of benzene rings is 1. The molecule has 0 saturated carbocycles. The molecule has 31 heavy (non-hydrogen) atoms. The van der Waals surface area contributed by atoms with Crippen molar-refractivity contribution in [2.75, 3.05) is 18.4 Å². The van der Waals surface area contributed by atoms with Gasteiger partial charge in [-0.2, -0.15) is 0 Å². The van der Waals surface area contributed by atoms with Crippen molar-refractivity contribution >= 4 is 29.4 Å². The predicted molar refractivity (Wildman–Crippen MR) is 121 cm³/mol. The summed E-state index contributed by atoms with van der Waals surface area (Å²) in [6, 6.07) is 17.1. The zero-order valence-electron chi connectivity index (χ0n) is 17.3. The highest BCUT2D eigenvalue weighted by molar-refractivity contribution is 7.99. The summed E-state index contributed by atoms with van der Waals surface area (Å²) in [6.07, 6.45) is 4.99. The molecule has 3 aromatic rings. The molecule has 0 aliphatic carbocycles. The zero-order chi connectivity index (χ0) is 21.6. The van der Waals surface area contributed by atoms with Crippen LogP contribution in [0.25, 0.3) is 0 Å². The Morgan fingerprint density at radius 2 is 1.84 bits per heavy atom. The Bertz CT molecular complexity index is 1060. The van der Waals surface area contributed by atoms with Crippen molar-refractivity contribution in [3.63, 3.8) is 0 Å². The average Bonchev–Trinajstić information content (AvgIpc) is 2.81. The van der Waals surface area contributed by atoms with Crippen LogP contribution in [-0.4, -0.2) is 39.8 Å². The second kappa shape index (κ2) is 9.75. The van der Waals surface area contributed by atoms with E-state index in [1.165, 1.54) is 0 Å². The van der Waals surface area contributed by atoms with Gasteiger partial charge in [0.25, 0.3) is 5.91 Å². The van der Waals surface area contributed by atoms with E-state index >= 15 is 0 Å². The maximum Gasteiger partial charge on any atom is 0.253 e. The third kappa shape index (κ3) is 5.30. The van der Waals surface area contributed by atoms with Crippen molar-refractivity contribution in [2.45, 2.75) is 29.7 Å². The lowest BCUT2D eigenvalue weighted by Crippen LogP contribution is -2.43. The van der Waals surface area contributed by atoms with Gasteiger partial charge >= 0.3 is 0 Å². The number of hydrogen-bond acceptors (Lipinski definition) is 5. The molecule has 1 atom stereocenters. The predicted octanol–water partition coefficient (Wildman–Crippen LogP) is 4.43. The summed E-state index contributed by atoms with van der Waals surface area (Å²) < 4.78 is 0. The first-order valence-electron chi connectivity index (χ1n) is 10.3. The van der Waals surface area contributed by atoms with Crippen LogP contribution in [0.2, 0.25) is 0 Å². The van der Waals surface area contributed by atoms with Crippen LogP contribution in [0.4, 0.5) is 5.82 Å². The molecule has 0 radical (unpaired) electrons. The number of nitrogens with zero attached hydrogens (tertiary/aromatic N) is 3. The number of pyridine rings is 2. The van der Waals surface area contributed by atoms with Crippen LogP contribution in [0.15, 0.2) is 76.9 Å². The van der Waals surface area contributed by atoms with Crippen molar-refractivity contribution in [3.05, 3.63) is 78.1 Å². The number of nitrogens with one attached hydrogen (secondary N) is 1. The van der Waals surface area contributed by atoms with E-state index in [-0.39, 0.29) is 17.7 Å². The number of rotatable bonds is 5. The second-order valence-corrected chi connectivity index (χ2v) is 8.64. The molecular weight excluding hydrogens is 408 g/mol. The van der Waals surface area contributed by atoms with Crippen LogP contribution in [0.3, 0.4) is 0 Å². The van der Waals surface area contributed by atoms with Crippen molar-refractivity contribution in [1.82, 2.24) is 14.9 Å². The van der Waals surface area contributed by atoms with Crippen LogP contribution in [0.1, 0.15) is 28.8 Å². The molecule has 1 N–H and O–H groups in total. The van der Waals surface area contributed by atoms with E-state index in [2.05, 4.69) is 15.3 Å². The number of anilines is 1. The van der Waals surface area contributed by atoms with E-state index in [1.807, 2.05) is 61.5 Å². The minimum Gasteiger partial charge on any atom is -0.338 e. The quantitative estimate of drug-likeness (QED) is 0.646. The number of piperidine rings is 1. The highest BCUT2D eigenvalue weighted by atomic mass is 32.2. The minimum atomic E-state index is -0.238. The van der Waals surface area contributed by atoms with Crippen LogP contribution >= 0.6 is 11.8 Å². The zero-order valence-corrected chi connectivity index (χ0v) is 18.1. The third-order valence-electron chi connectivity index (χ3n) is 5.29. The number of aryl methyl sites for hydroxylation is 1. The Hall–Kier alpha value is -3.19. The molecule has 1 aliphatic rings. The third-order valence-corrected chi connectivity index (χ3v) is 6.25. The van der Waals surface area contributed by atoms with E-state index in [0.29, 0.717) is 24.5 Å². The molecule has 1 aromatic carbocycles. The Morgan fingerprint density at radius 3 is 2.58 bits per heavy atom. The molecule has 1 aliphatic heterocycles. The largest absolute Gasteiger partial charge is 0.338 e. The molecule has 7 heteroatoms. The first kappa shape index (κ1) is 21.1. The molecule has 0 bridgehead atoms. The fraction of sp³-hybridized carbons (Fsp3) is 0.250. The summed E-state index contributed by atoms with van der Waals surface area (Å²) in [7, 11) is 0. The lowest BCUT2D eigenvalue weighted by molar-refractivity contribution is -0.121. The minimum absolute atomic E-state index is 0.0408. The number of aromatic nitrogens is 2. The molecule has 1 saturated heterocycles. The highest BCUT2D eigenvalue weighted by Crippen LogP contribution is 2.26. The number of carbonyl (C=O) groups excluding carboxylic acids is 2. The maximum absolute atomic E-state index is 13.0. The van der Waals surface area contributed by atoms with E-state index in [9.17, 15) is 9.59 Å². The summed E-state index contributed by atoms with van der Waals surface area (Å²) in [4.78, 5) is 37.1. The SMILES string of the molecule is Cc1cccnc1NC(=O)C1CCCN(C(=O)c2ccc(Sc3ccccn3)cc2)C1. The van der Waals surface area contributed by atoms with Crippen LogP contribution < -0.4 is 5.32 Å². The van der Waals surface area contributed by atoms with Crippen molar-refractivity contribution < 1.29 is 9.59 Å². The van der Waals surface area contributed by atoms with E-state index in [0.717, 1.165) is 28.3 Å². The van der Waals surface area contributed by atoms with Crippen LogP contribution in [0.5, 0.6) is 0 Å². The molecule has 2 amide bonds. The molecule has 4 rings (SSSR count). The summed E-state index contributed by atoms with van der Waals surface area (Å²) >= 11 is 1.56. The normalized spacial score (nSPS) is 16.0. The Balaban J connectivity index is 1.38.